The van der Waals surface area contributed by atoms with Gasteiger partial charge in [0.25, 0.3) is 0 Å². The van der Waals surface area contributed by atoms with Crippen LogP contribution in [0.5, 0.6) is 0 Å². The van der Waals surface area contributed by atoms with E-state index in [2.05, 4.69) is 4.98 Å². The summed E-state index contributed by atoms with van der Waals surface area (Å²) in [6, 6.07) is 1.75. The van der Waals surface area contributed by atoms with Crippen LogP contribution in [0.25, 0.3) is 6.08 Å². The summed E-state index contributed by atoms with van der Waals surface area (Å²) in [5, 5.41) is 0.0371. The third-order valence-electron chi connectivity index (χ3n) is 4.20. The van der Waals surface area contributed by atoms with Gasteiger partial charge in [-0.25, -0.2) is 0 Å². The molecule has 0 aliphatic carbocycles. The second-order valence-electron chi connectivity index (χ2n) is 6.59. The molecule has 0 spiro atoms. The third-order valence-corrected chi connectivity index (χ3v) is 5.09. The predicted octanol–water partition coefficient (Wildman–Crippen LogP) is 3.12. The van der Waals surface area contributed by atoms with Crippen molar-refractivity contribution in [1.82, 2.24) is 4.98 Å². The molecule has 0 bridgehead atoms. The monoisotopic (exact) mass is 335 g/mol. The molecule has 124 valence electrons. The Labute approximate surface area is 141 Å². The van der Waals surface area contributed by atoms with Crippen molar-refractivity contribution in [2.75, 3.05) is 5.75 Å². The Hall–Kier alpha value is -1.31. The van der Waals surface area contributed by atoms with Gasteiger partial charge < -0.3 is 14.3 Å². The Morgan fingerprint density at radius 2 is 1.91 bits per heavy atom. The van der Waals surface area contributed by atoms with Gasteiger partial charge in [0.15, 0.2) is 11.4 Å². The van der Waals surface area contributed by atoms with Gasteiger partial charge in [0.05, 0.1) is 16.9 Å². The molecule has 0 aromatic carbocycles. The van der Waals surface area contributed by atoms with E-state index in [0.717, 1.165) is 17.3 Å². The topological polar surface area (TPSA) is 68.4 Å². The number of rotatable bonds is 5. The Morgan fingerprint density at radius 3 is 2.39 bits per heavy atom. The minimum atomic E-state index is -0.513. The van der Waals surface area contributed by atoms with Gasteiger partial charge in [-0.3, -0.25) is 9.59 Å². The van der Waals surface area contributed by atoms with E-state index in [1.807, 2.05) is 33.8 Å². The van der Waals surface area contributed by atoms with Crippen LogP contribution in [0.1, 0.15) is 50.7 Å². The average molecular weight is 335 g/mol. The van der Waals surface area contributed by atoms with Gasteiger partial charge in [0.1, 0.15) is 0 Å². The summed E-state index contributed by atoms with van der Waals surface area (Å²) < 4.78 is 12.1. The zero-order valence-electron chi connectivity index (χ0n) is 14.1. The van der Waals surface area contributed by atoms with Crippen LogP contribution in [0.4, 0.5) is 0 Å². The maximum Gasteiger partial charge on any atom is 0.491 e. The molecule has 2 heterocycles. The molecule has 23 heavy (non-hydrogen) atoms. The standard InChI is InChI=1S/C16H22BNO4S/c1-11(20)23-10-13(6-12-7-14(9-19)18-8-12)17-21-15(2,3)16(4,5)22-17/h6-9,18H,10H2,1-5H3. The van der Waals surface area contributed by atoms with Crippen molar-refractivity contribution in [2.24, 2.45) is 0 Å². The zero-order chi connectivity index (χ0) is 17.3. The molecule has 5 nitrogen and oxygen atoms in total. The Morgan fingerprint density at radius 1 is 1.30 bits per heavy atom. The van der Waals surface area contributed by atoms with Gasteiger partial charge in [-0.15, -0.1) is 0 Å². The molecule has 1 aliphatic heterocycles. The largest absolute Gasteiger partial charge is 0.491 e. The molecule has 1 fully saturated rings. The van der Waals surface area contributed by atoms with Crippen LogP contribution < -0.4 is 0 Å². The Bertz CT molecular complexity index is 620. The van der Waals surface area contributed by atoms with Crippen LogP contribution in [0.3, 0.4) is 0 Å². The molecule has 1 aliphatic rings. The smallest absolute Gasteiger partial charge is 0.400 e. The summed E-state index contributed by atoms with van der Waals surface area (Å²) in [5.41, 5.74) is 1.33. The second kappa shape index (κ2) is 6.67. The highest BCUT2D eigenvalue weighted by atomic mass is 32.2. The van der Waals surface area contributed by atoms with Gasteiger partial charge in [-0.05, 0) is 44.8 Å². The van der Waals surface area contributed by atoms with Gasteiger partial charge in [-0.2, -0.15) is 0 Å². The zero-order valence-corrected chi connectivity index (χ0v) is 15.0. The fraction of sp³-hybridized carbons (Fsp3) is 0.500. The molecule has 1 N–H and O–H groups in total. The summed E-state index contributed by atoms with van der Waals surface area (Å²) >= 11 is 1.21. The van der Waals surface area contributed by atoms with Gasteiger partial charge in [0.2, 0.25) is 0 Å². The number of thioether (sulfide) groups is 1. The number of H-pyrrole nitrogens is 1. The van der Waals surface area contributed by atoms with E-state index in [-0.39, 0.29) is 5.12 Å². The molecular formula is C16H22BNO4S. The summed E-state index contributed by atoms with van der Waals surface area (Å²) in [4.78, 5) is 25.0. The Kier molecular flexibility index (Phi) is 5.23. The normalized spacial score (nSPS) is 19.9. The van der Waals surface area contributed by atoms with E-state index in [0.29, 0.717) is 11.4 Å². The minimum Gasteiger partial charge on any atom is -0.400 e. The molecule has 0 unspecified atom stereocenters. The fourth-order valence-electron chi connectivity index (χ4n) is 2.15. The molecule has 0 atom stereocenters. The van der Waals surface area contributed by atoms with E-state index in [4.69, 9.17) is 9.31 Å². The lowest BCUT2D eigenvalue weighted by atomic mass is 9.78. The highest BCUT2D eigenvalue weighted by Crippen LogP contribution is 2.39. The van der Waals surface area contributed by atoms with Crippen LogP contribution in [0, 0.1) is 0 Å². The lowest BCUT2D eigenvalue weighted by Gasteiger charge is -2.32. The maximum atomic E-state index is 11.3. The molecule has 1 aromatic heterocycles. The average Bonchev–Trinajstić information content (AvgIpc) is 2.97. The van der Waals surface area contributed by atoms with E-state index in [9.17, 15) is 9.59 Å². The Balaban J connectivity index is 2.27. The lowest BCUT2D eigenvalue weighted by molar-refractivity contribution is -0.109. The number of hydrogen-bond acceptors (Lipinski definition) is 5. The van der Waals surface area contributed by atoms with Gasteiger partial charge in [-0.1, -0.05) is 17.8 Å². The van der Waals surface area contributed by atoms with Crippen molar-refractivity contribution in [2.45, 2.75) is 45.8 Å². The quantitative estimate of drug-likeness (QED) is 0.661. The molecule has 0 radical (unpaired) electrons. The summed E-state index contributed by atoms with van der Waals surface area (Å²) in [7, 11) is -0.513. The van der Waals surface area contributed by atoms with E-state index in [1.165, 1.54) is 18.7 Å². The van der Waals surface area contributed by atoms with Crippen molar-refractivity contribution in [3.8, 4) is 0 Å². The van der Waals surface area contributed by atoms with Crippen molar-refractivity contribution >= 4 is 36.4 Å². The molecular weight excluding hydrogens is 313 g/mol. The molecule has 0 saturated carbocycles. The van der Waals surface area contributed by atoms with E-state index < -0.39 is 18.3 Å². The third kappa shape index (κ3) is 4.16. The summed E-state index contributed by atoms with van der Waals surface area (Å²) in [6.45, 7) is 9.49. The number of carbonyl (C=O) groups is 2. The molecule has 1 aromatic rings. The second-order valence-corrected chi connectivity index (χ2v) is 7.75. The summed E-state index contributed by atoms with van der Waals surface area (Å²) in [5.74, 6) is 0.480. The van der Waals surface area contributed by atoms with Crippen LogP contribution in [-0.4, -0.2) is 40.5 Å². The summed E-state index contributed by atoms with van der Waals surface area (Å²) in [6.07, 6.45) is 4.41. The van der Waals surface area contributed by atoms with Crippen LogP contribution >= 0.6 is 11.8 Å². The number of aromatic amines is 1. The van der Waals surface area contributed by atoms with Crippen molar-refractivity contribution in [3.63, 3.8) is 0 Å². The SMILES string of the molecule is CC(=O)SCC(=Cc1c[nH]c(C=O)c1)B1OC(C)(C)C(C)(C)O1. The van der Waals surface area contributed by atoms with E-state index in [1.54, 1.807) is 12.3 Å². The minimum absolute atomic E-state index is 0.0371. The van der Waals surface area contributed by atoms with Crippen LogP contribution in [0.15, 0.2) is 17.7 Å². The number of aldehydes is 1. The first kappa shape index (κ1) is 18.0. The number of nitrogens with one attached hydrogen (secondary N) is 1. The first-order chi connectivity index (χ1) is 10.6. The van der Waals surface area contributed by atoms with E-state index >= 15 is 0 Å². The number of carbonyl (C=O) groups excluding carboxylic acids is 2. The number of hydrogen-bond donors (Lipinski definition) is 1. The van der Waals surface area contributed by atoms with Crippen LogP contribution in [-0.2, 0) is 14.1 Å². The molecule has 1 saturated heterocycles. The van der Waals surface area contributed by atoms with Gasteiger partial charge >= 0.3 is 7.12 Å². The van der Waals surface area contributed by atoms with Gasteiger partial charge in [0, 0.05) is 18.9 Å². The van der Waals surface area contributed by atoms with Crippen molar-refractivity contribution in [3.05, 3.63) is 29.0 Å². The highest BCUT2D eigenvalue weighted by molar-refractivity contribution is 8.13. The predicted molar refractivity (Wildman–Crippen MR) is 93.4 cm³/mol. The van der Waals surface area contributed by atoms with Crippen molar-refractivity contribution < 1.29 is 18.9 Å². The van der Waals surface area contributed by atoms with Crippen LogP contribution in [0.2, 0.25) is 0 Å². The fourth-order valence-corrected chi connectivity index (χ4v) is 2.74. The first-order valence-electron chi connectivity index (χ1n) is 7.48. The first-order valence-corrected chi connectivity index (χ1v) is 8.46. The van der Waals surface area contributed by atoms with Crippen molar-refractivity contribution in [1.29, 1.82) is 0 Å². The lowest BCUT2D eigenvalue weighted by Crippen LogP contribution is -2.41. The highest BCUT2D eigenvalue weighted by Gasteiger charge is 2.52. The maximum absolute atomic E-state index is 11.3. The molecule has 0 amide bonds. The number of aromatic nitrogens is 1. The molecule has 2 rings (SSSR count). The molecule has 7 heteroatoms.